The van der Waals surface area contributed by atoms with E-state index >= 15 is 0 Å². The first-order chi connectivity index (χ1) is 18.7. The van der Waals surface area contributed by atoms with Crippen molar-refractivity contribution in [2.45, 2.75) is 32.0 Å². The predicted molar refractivity (Wildman–Crippen MR) is 150 cm³/mol. The van der Waals surface area contributed by atoms with E-state index in [-0.39, 0.29) is 5.75 Å². The molecule has 5 aromatic rings. The fraction of sp³-hybridized carbons (Fsp3) is 0.212. The highest BCUT2D eigenvalue weighted by molar-refractivity contribution is 5.89. The van der Waals surface area contributed by atoms with Crippen LogP contribution in [0, 0.1) is 0 Å². The summed E-state index contributed by atoms with van der Waals surface area (Å²) in [5, 5.41) is 11.0. The molecule has 5 nitrogen and oxygen atoms in total. The molecule has 3 heterocycles. The number of nitrogens with one attached hydrogen (secondary N) is 1. The number of fused-ring (bicyclic) bond motifs is 6. The third-order valence-corrected chi connectivity index (χ3v) is 8.08. The molecular formula is C33H30N2O3. The lowest BCUT2D eigenvalue weighted by molar-refractivity contribution is 0.158. The number of aromatic hydroxyl groups is 1. The second kappa shape index (κ2) is 9.26. The Morgan fingerprint density at radius 3 is 2.55 bits per heavy atom. The third kappa shape index (κ3) is 4.00. The van der Waals surface area contributed by atoms with E-state index in [0.717, 1.165) is 54.1 Å². The van der Waals surface area contributed by atoms with E-state index < -0.39 is 0 Å². The van der Waals surface area contributed by atoms with Crippen molar-refractivity contribution in [2.75, 3.05) is 13.7 Å². The molecule has 0 saturated carbocycles. The molecule has 1 aromatic heterocycles. The standard InChI is InChI=1S/C33H30N2O3/c1-37-32-18-26-24(16-33(32)38-20-21-5-3-2-4-6-21)13-14-35-19-30-28(17-31(26)35)27-15-23(9-12-29(27)34-30)22-7-10-25(36)11-8-22/h2-12,15-16,18,31,34,36H,13-14,17,19-20H2,1H3. The molecule has 0 radical (unpaired) electrons. The maximum atomic E-state index is 9.70. The minimum atomic E-state index is 0.286. The number of rotatable bonds is 5. The summed E-state index contributed by atoms with van der Waals surface area (Å²) in [6.07, 6.45) is 1.95. The lowest BCUT2D eigenvalue weighted by atomic mass is 9.84. The lowest BCUT2D eigenvalue weighted by Gasteiger charge is -2.40. The monoisotopic (exact) mass is 502 g/mol. The van der Waals surface area contributed by atoms with Gasteiger partial charge < -0.3 is 19.6 Å². The Kier molecular flexibility index (Phi) is 5.59. The highest BCUT2D eigenvalue weighted by atomic mass is 16.5. The van der Waals surface area contributed by atoms with Crippen LogP contribution in [0.25, 0.3) is 22.0 Å². The van der Waals surface area contributed by atoms with Gasteiger partial charge in [-0.25, -0.2) is 0 Å². The highest BCUT2D eigenvalue weighted by Crippen LogP contribution is 2.44. The van der Waals surface area contributed by atoms with Gasteiger partial charge in [-0.1, -0.05) is 48.5 Å². The van der Waals surface area contributed by atoms with E-state index in [0.29, 0.717) is 12.6 Å². The molecule has 1 atom stereocenters. The first-order valence-corrected chi connectivity index (χ1v) is 13.2. The van der Waals surface area contributed by atoms with Crippen LogP contribution in [0.2, 0.25) is 0 Å². The van der Waals surface area contributed by atoms with E-state index in [1.165, 1.54) is 33.3 Å². The molecule has 38 heavy (non-hydrogen) atoms. The SMILES string of the molecule is COc1cc2c(cc1OCc1ccccc1)CCN1Cc3[nH]c4ccc(-c5ccc(O)cc5)cc4c3CC21. The van der Waals surface area contributed by atoms with Crippen molar-refractivity contribution < 1.29 is 14.6 Å². The second-order valence-corrected chi connectivity index (χ2v) is 10.3. The zero-order valence-electron chi connectivity index (χ0n) is 21.4. The number of phenolic OH excluding ortho intramolecular Hbond substituents is 1. The molecule has 2 aliphatic rings. The second-order valence-electron chi connectivity index (χ2n) is 10.3. The number of phenols is 1. The molecule has 2 aliphatic heterocycles. The first-order valence-electron chi connectivity index (χ1n) is 13.2. The number of hydrogen-bond donors (Lipinski definition) is 2. The van der Waals surface area contributed by atoms with Crippen LogP contribution >= 0.6 is 0 Å². The van der Waals surface area contributed by atoms with Gasteiger partial charge in [0.25, 0.3) is 0 Å². The Hall–Kier alpha value is -4.22. The van der Waals surface area contributed by atoms with Crippen molar-refractivity contribution in [3.63, 3.8) is 0 Å². The molecule has 7 rings (SSSR count). The summed E-state index contributed by atoms with van der Waals surface area (Å²) in [5.41, 5.74) is 10.00. The number of benzene rings is 4. The lowest BCUT2D eigenvalue weighted by Crippen LogP contribution is -2.39. The number of aromatic amines is 1. The molecule has 0 spiro atoms. The molecule has 0 bridgehead atoms. The maximum absolute atomic E-state index is 9.70. The van der Waals surface area contributed by atoms with E-state index in [1.807, 2.05) is 30.3 Å². The van der Waals surface area contributed by atoms with E-state index in [4.69, 9.17) is 9.47 Å². The summed E-state index contributed by atoms with van der Waals surface area (Å²) in [5.74, 6) is 1.89. The van der Waals surface area contributed by atoms with Gasteiger partial charge in [0.1, 0.15) is 12.4 Å². The summed E-state index contributed by atoms with van der Waals surface area (Å²) < 4.78 is 12.0. The maximum Gasteiger partial charge on any atom is 0.161 e. The molecule has 5 heteroatoms. The molecule has 0 aliphatic carbocycles. The Morgan fingerprint density at radius 1 is 0.921 bits per heavy atom. The van der Waals surface area contributed by atoms with Crippen LogP contribution in [-0.2, 0) is 26.0 Å². The summed E-state index contributed by atoms with van der Waals surface area (Å²) >= 11 is 0. The zero-order valence-corrected chi connectivity index (χ0v) is 21.4. The molecule has 0 amide bonds. The Labute approximate surface area is 222 Å². The number of H-pyrrole nitrogens is 1. The van der Waals surface area contributed by atoms with Crippen LogP contribution in [0.15, 0.2) is 84.9 Å². The summed E-state index contributed by atoms with van der Waals surface area (Å²) in [4.78, 5) is 6.29. The topological polar surface area (TPSA) is 57.7 Å². The molecule has 0 fully saturated rings. The van der Waals surface area contributed by atoms with Crippen LogP contribution in [0.4, 0.5) is 0 Å². The van der Waals surface area contributed by atoms with Gasteiger partial charge >= 0.3 is 0 Å². The van der Waals surface area contributed by atoms with Crippen molar-refractivity contribution in [1.29, 1.82) is 0 Å². The van der Waals surface area contributed by atoms with Crippen LogP contribution in [-0.4, -0.2) is 28.6 Å². The van der Waals surface area contributed by atoms with Crippen LogP contribution < -0.4 is 9.47 Å². The highest BCUT2D eigenvalue weighted by Gasteiger charge is 2.34. The Bertz CT molecular complexity index is 1620. The largest absolute Gasteiger partial charge is 0.508 e. The molecule has 1 unspecified atom stereocenters. The Balaban J connectivity index is 1.22. The fourth-order valence-electron chi connectivity index (χ4n) is 6.10. The summed E-state index contributed by atoms with van der Waals surface area (Å²) in [6, 6.07) is 29.0. The summed E-state index contributed by atoms with van der Waals surface area (Å²) in [6.45, 7) is 2.46. The molecule has 0 saturated heterocycles. The van der Waals surface area contributed by atoms with E-state index in [1.54, 1.807) is 19.2 Å². The minimum Gasteiger partial charge on any atom is -0.508 e. The van der Waals surface area contributed by atoms with Crippen molar-refractivity contribution in [2.24, 2.45) is 0 Å². The number of nitrogens with zero attached hydrogens (tertiary/aromatic N) is 1. The predicted octanol–water partition coefficient (Wildman–Crippen LogP) is 6.78. The van der Waals surface area contributed by atoms with E-state index in [9.17, 15) is 5.11 Å². The van der Waals surface area contributed by atoms with Gasteiger partial charge in [-0.05, 0) is 82.6 Å². The molecule has 4 aromatic carbocycles. The normalized spacial score (nSPS) is 16.5. The molecule has 190 valence electrons. The van der Waals surface area contributed by atoms with Crippen molar-refractivity contribution >= 4 is 10.9 Å². The average molecular weight is 503 g/mol. The first kappa shape index (κ1) is 22.9. The van der Waals surface area contributed by atoms with Gasteiger partial charge in [-0.15, -0.1) is 0 Å². The quantitative estimate of drug-likeness (QED) is 0.278. The average Bonchev–Trinajstić information content (AvgIpc) is 3.32. The molecule has 2 N–H and O–H groups in total. The van der Waals surface area contributed by atoms with Gasteiger partial charge in [-0.2, -0.15) is 0 Å². The third-order valence-electron chi connectivity index (χ3n) is 8.08. The summed E-state index contributed by atoms with van der Waals surface area (Å²) in [7, 11) is 1.72. The number of aromatic nitrogens is 1. The fourth-order valence-corrected chi connectivity index (χ4v) is 6.10. The Morgan fingerprint density at radius 2 is 1.74 bits per heavy atom. The van der Waals surface area contributed by atoms with Gasteiger partial charge in [0.05, 0.1) is 7.11 Å². The van der Waals surface area contributed by atoms with Gasteiger partial charge in [0.15, 0.2) is 11.5 Å². The van der Waals surface area contributed by atoms with Crippen LogP contribution in [0.5, 0.6) is 17.2 Å². The van der Waals surface area contributed by atoms with Gasteiger partial charge in [0, 0.05) is 35.7 Å². The minimum absolute atomic E-state index is 0.286. The smallest absolute Gasteiger partial charge is 0.161 e. The number of methoxy groups -OCH3 is 1. The van der Waals surface area contributed by atoms with Crippen molar-refractivity contribution in [1.82, 2.24) is 9.88 Å². The van der Waals surface area contributed by atoms with Crippen LogP contribution in [0.3, 0.4) is 0 Å². The number of ether oxygens (including phenoxy) is 2. The zero-order chi connectivity index (χ0) is 25.6. The van der Waals surface area contributed by atoms with Crippen molar-refractivity contribution in [3.8, 4) is 28.4 Å². The van der Waals surface area contributed by atoms with E-state index in [2.05, 4.69) is 52.3 Å². The molecular weight excluding hydrogens is 472 g/mol. The van der Waals surface area contributed by atoms with Crippen molar-refractivity contribution in [3.05, 3.63) is 113 Å². The van der Waals surface area contributed by atoms with Gasteiger partial charge in [-0.3, -0.25) is 4.90 Å². The number of hydrogen-bond acceptors (Lipinski definition) is 4. The van der Waals surface area contributed by atoms with Crippen LogP contribution in [0.1, 0.15) is 34.0 Å². The van der Waals surface area contributed by atoms with Gasteiger partial charge in [0.2, 0.25) is 0 Å².